The molecule has 5 heteroatoms. The predicted octanol–water partition coefficient (Wildman–Crippen LogP) is 4.03. The Hall–Kier alpha value is -2.27. The highest BCUT2D eigenvalue weighted by Gasteiger charge is 2.09. The Labute approximate surface area is 129 Å². The maximum absolute atomic E-state index is 10.9. The third-order valence-corrected chi connectivity index (χ3v) is 3.96. The summed E-state index contributed by atoms with van der Waals surface area (Å²) in [6, 6.07) is 10.8. The molecule has 1 aromatic heterocycles. The van der Waals surface area contributed by atoms with E-state index in [0.29, 0.717) is 22.9 Å². The molecular formula is C16H12BrNO3. The van der Waals surface area contributed by atoms with Gasteiger partial charge in [0.15, 0.2) is 17.8 Å². The molecule has 2 aromatic carbocycles. The zero-order chi connectivity index (χ0) is 14.8. The SMILES string of the molecule is O=Cc1cc(OCc2cccc3[nH]ccc23)c(O)cc1Br. The summed E-state index contributed by atoms with van der Waals surface area (Å²) in [7, 11) is 0. The third kappa shape index (κ3) is 2.64. The summed E-state index contributed by atoms with van der Waals surface area (Å²) in [4.78, 5) is 14.1. The number of aromatic nitrogens is 1. The Bertz CT molecular complexity index is 810. The van der Waals surface area contributed by atoms with Gasteiger partial charge in [-0.05, 0) is 45.8 Å². The number of rotatable bonds is 4. The summed E-state index contributed by atoms with van der Waals surface area (Å²) in [6.07, 6.45) is 2.58. The first-order valence-electron chi connectivity index (χ1n) is 6.34. The Morgan fingerprint density at radius 3 is 2.95 bits per heavy atom. The quantitative estimate of drug-likeness (QED) is 0.701. The molecule has 0 unspecified atom stereocenters. The average Bonchev–Trinajstić information content (AvgIpc) is 2.95. The number of carbonyl (C=O) groups excluding carboxylic acids is 1. The largest absolute Gasteiger partial charge is 0.504 e. The molecule has 0 saturated carbocycles. The normalized spacial score (nSPS) is 10.7. The van der Waals surface area contributed by atoms with Gasteiger partial charge in [0.2, 0.25) is 0 Å². The van der Waals surface area contributed by atoms with E-state index in [9.17, 15) is 9.90 Å². The predicted molar refractivity (Wildman–Crippen MR) is 83.8 cm³/mol. The van der Waals surface area contributed by atoms with Gasteiger partial charge in [-0.1, -0.05) is 12.1 Å². The van der Waals surface area contributed by atoms with Crippen LogP contribution in [0.15, 0.2) is 47.1 Å². The highest BCUT2D eigenvalue weighted by molar-refractivity contribution is 9.10. The number of aromatic amines is 1. The summed E-state index contributed by atoms with van der Waals surface area (Å²) >= 11 is 3.21. The molecule has 2 N–H and O–H groups in total. The molecule has 0 spiro atoms. The molecule has 0 bridgehead atoms. The van der Waals surface area contributed by atoms with Crippen molar-refractivity contribution >= 4 is 33.1 Å². The zero-order valence-corrected chi connectivity index (χ0v) is 12.6. The topological polar surface area (TPSA) is 62.3 Å². The lowest BCUT2D eigenvalue weighted by molar-refractivity contribution is 0.112. The molecule has 0 atom stereocenters. The van der Waals surface area contributed by atoms with E-state index in [1.807, 2.05) is 30.5 Å². The second-order valence-corrected chi connectivity index (χ2v) is 5.46. The lowest BCUT2D eigenvalue weighted by atomic mass is 10.1. The third-order valence-electron chi connectivity index (χ3n) is 3.27. The number of H-pyrrole nitrogens is 1. The van der Waals surface area contributed by atoms with E-state index in [1.165, 1.54) is 12.1 Å². The molecule has 3 aromatic rings. The molecule has 0 saturated heterocycles. The van der Waals surface area contributed by atoms with Crippen LogP contribution in [0.1, 0.15) is 15.9 Å². The van der Waals surface area contributed by atoms with Crippen LogP contribution in [0.4, 0.5) is 0 Å². The number of aromatic hydroxyl groups is 1. The zero-order valence-electron chi connectivity index (χ0n) is 11.0. The van der Waals surface area contributed by atoms with Crippen molar-refractivity contribution in [2.45, 2.75) is 6.61 Å². The van der Waals surface area contributed by atoms with Crippen LogP contribution in [0.25, 0.3) is 10.9 Å². The van der Waals surface area contributed by atoms with E-state index < -0.39 is 0 Å². The molecule has 0 aliphatic heterocycles. The minimum Gasteiger partial charge on any atom is -0.504 e. The molecule has 0 aliphatic carbocycles. The average molecular weight is 346 g/mol. The minimum atomic E-state index is -0.00582. The van der Waals surface area contributed by atoms with E-state index in [1.54, 1.807) is 0 Å². The summed E-state index contributed by atoms with van der Waals surface area (Å²) in [5, 5.41) is 11.0. The van der Waals surface area contributed by atoms with Gasteiger partial charge in [0.25, 0.3) is 0 Å². The number of aldehydes is 1. The molecule has 0 radical (unpaired) electrons. The number of ether oxygens (including phenoxy) is 1. The van der Waals surface area contributed by atoms with Crippen LogP contribution in [0.3, 0.4) is 0 Å². The molecule has 0 aliphatic rings. The smallest absolute Gasteiger partial charge is 0.162 e. The molecule has 0 fully saturated rings. The number of phenolic OH excluding ortho intramolecular Hbond substituents is 1. The summed E-state index contributed by atoms with van der Waals surface area (Å²) in [6.45, 7) is 0.308. The van der Waals surface area contributed by atoms with Gasteiger partial charge in [-0.25, -0.2) is 0 Å². The second-order valence-electron chi connectivity index (χ2n) is 4.60. The van der Waals surface area contributed by atoms with Crippen molar-refractivity contribution in [3.63, 3.8) is 0 Å². The summed E-state index contributed by atoms with van der Waals surface area (Å²) in [5.41, 5.74) is 2.47. The van der Waals surface area contributed by atoms with Gasteiger partial charge in [0.05, 0.1) is 0 Å². The summed E-state index contributed by atoms with van der Waals surface area (Å²) in [5.74, 6) is 0.279. The van der Waals surface area contributed by atoms with Crippen LogP contribution in [0, 0.1) is 0 Å². The summed E-state index contributed by atoms with van der Waals surface area (Å²) < 4.78 is 6.19. The minimum absolute atomic E-state index is 0.00582. The monoisotopic (exact) mass is 345 g/mol. The van der Waals surface area contributed by atoms with E-state index in [0.717, 1.165) is 16.5 Å². The number of halogens is 1. The maximum Gasteiger partial charge on any atom is 0.162 e. The Balaban J connectivity index is 1.88. The number of fused-ring (bicyclic) bond motifs is 1. The van der Waals surface area contributed by atoms with Crippen LogP contribution in [-0.4, -0.2) is 16.4 Å². The molecule has 106 valence electrons. The van der Waals surface area contributed by atoms with Crippen molar-refractivity contribution in [1.29, 1.82) is 0 Å². The van der Waals surface area contributed by atoms with Crippen molar-refractivity contribution in [3.8, 4) is 11.5 Å². The number of carbonyl (C=O) groups is 1. The van der Waals surface area contributed by atoms with Gasteiger partial charge in [0.1, 0.15) is 6.61 Å². The van der Waals surface area contributed by atoms with Crippen LogP contribution < -0.4 is 4.74 Å². The lowest BCUT2D eigenvalue weighted by Crippen LogP contribution is -1.97. The molecule has 21 heavy (non-hydrogen) atoms. The van der Waals surface area contributed by atoms with E-state index in [4.69, 9.17) is 4.74 Å². The highest BCUT2D eigenvalue weighted by atomic mass is 79.9. The Kier molecular flexibility index (Phi) is 3.66. The van der Waals surface area contributed by atoms with Gasteiger partial charge in [-0.3, -0.25) is 4.79 Å². The second kappa shape index (κ2) is 5.61. The highest BCUT2D eigenvalue weighted by Crippen LogP contribution is 2.32. The standard InChI is InChI=1S/C16H12BrNO3/c17-13-7-15(20)16(6-11(13)8-19)21-9-10-2-1-3-14-12(10)4-5-18-14/h1-8,18,20H,9H2. The fourth-order valence-corrected chi connectivity index (χ4v) is 2.62. The van der Waals surface area contributed by atoms with Gasteiger partial charge in [-0.15, -0.1) is 0 Å². The first kappa shape index (κ1) is 13.7. The van der Waals surface area contributed by atoms with Gasteiger partial charge < -0.3 is 14.8 Å². The van der Waals surface area contributed by atoms with Crippen molar-refractivity contribution in [2.24, 2.45) is 0 Å². The van der Waals surface area contributed by atoms with E-state index >= 15 is 0 Å². The van der Waals surface area contributed by atoms with E-state index in [2.05, 4.69) is 20.9 Å². The molecule has 0 amide bonds. The van der Waals surface area contributed by atoms with Crippen molar-refractivity contribution in [3.05, 3.63) is 58.2 Å². The Morgan fingerprint density at radius 2 is 2.14 bits per heavy atom. The fraction of sp³-hybridized carbons (Fsp3) is 0.0625. The van der Waals surface area contributed by atoms with Crippen LogP contribution in [0.5, 0.6) is 11.5 Å². The number of benzene rings is 2. The lowest BCUT2D eigenvalue weighted by Gasteiger charge is -2.10. The first-order valence-corrected chi connectivity index (χ1v) is 7.14. The molecule has 3 rings (SSSR count). The maximum atomic E-state index is 10.9. The molecule has 4 nitrogen and oxygen atoms in total. The van der Waals surface area contributed by atoms with Crippen molar-refractivity contribution in [1.82, 2.24) is 4.98 Å². The molecular weight excluding hydrogens is 334 g/mol. The van der Waals surface area contributed by atoms with Crippen LogP contribution in [0.2, 0.25) is 0 Å². The number of phenols is 1. The number of hydrogen-bond donors (Lipinski definition) is 2. The number of hydrogen-bond acceptors (Lipinski definition) is 3. The van der Waals surface area contributed by atoms with Crippen molar-refractivity contribution in [2.75, 3.05) is 0 Å². The van der Waals surface area contributed by atoms with Crippen LogP contribution >= 0.6 is 15.9 Å². The first-order chi connectivity index (χ1) is 10.2. The Morgan fingerprint density at radius 1 is 1.29 bits per heavy atom. The number of nitrogens with one attached hydrogen (secondary N) is 1. The fourth-order valence-electron chi connectivity index (χ4n) is 2.20. The molecule has 1 heterocycles. The van der Waals surface area contributed by atoms with Gasteiger partial charge >= 0.3 is 0 Å². The van der Waals surface area contributed by atoms with Crippen molar-refractivity contribution < 1.29 is 14.6 Å². The van der Waals surface area contributed by atoms with Gasteiger partial charge in [-0.2, -0.15) is 0 Å². The van der Waals surface area contributed by atoms with E-state index in [-0.39, 0.29) is 11.5 Å². The van der Waals surface area contributed by atoms with Gasteiger partial charge in [0, 0.05) is 27.1 Å². The van der Waals surface area contributed by atoms with Crippen LogP contribution in [-0.2, 0) is 6.61 Å².